The van der Waals surface area contributed by atoms with Crippen molar-refractivity contribution in [3.8, 4) is 5.75 Å². The topological polar surface area (TPSA) is 64.3 Å². The third kappa shape index (κ3) is 2.64. The van der Waals surface area contributed by atoms with Crippen molar-refractivity contribution < 1.29 is 9.53 Å². The van der Waals surface area contributed by atoms with E-state index in [1.54, 1.807) is 14.0 Å². The Morgan fingerprint density at radius 2 is 2.11 bits per heavy atom. The number of nitrogens with one attached hydrogen (secondary N) is 1. The highest BCUT2D eigenvalue weighted by atomic mass is 16.5. The van der Waals surface area contributed by atoms with E-state index in [9.17, 15) is 4.79 Å². The Balaban J connectivity index is 1.91. The van der Waals surface area contributed by atoms with Crippen LogP contribution < -0.4 is 15.8 Å². The van der Waals surface area contributed by atoms with E-state index in [0.29, 0.717) is 12.0 Å². The minimum Gasteiger partial charge on any atom is -0.496 e. The molecule has 1 aromatic rings. The largest absolute Gasteiger partial charge is 0.496 e. The number of nitrogens with two attached hydrogens (primary N) is 1. The van der Waals surface area contributed by atoms with Crippen LogP contribution in [0.2, 0.25) is 0 Å². The molecular weight excluding hydrogens is 228 g/mol. The first-order valence-corrected chi connectivity index (χ1v) is 6.30. The molecule has 1 aliphatic rings. The summed E-state index contributed by atoms with van der Waals surface area (Å²) in [5, 5.41) is 3.24. The molecule has 3 N–H and O–H groups in total. The number of benzene rings is 1. The van der Waals surface area contributed by atoms with Gasteiger partial charge in [-0.3, -0.25) is 4.79 Å². The average Bonchev–Trinajstić information content (AvgIpc) is 2.32. The second kappa shape index (κ2) is 5.40. The van der Waals surface area contributed by atoms with Crippen LogP contribution in [0.4, 0.5) is 0 Å². The summed E-state index contributed by atoms with van der Waals surface area (Å²) in [6, 6.07) is 8.23. The van der Waals surface area contributed by atoms with Crippen molar-refractivity contribution in [2.24, 2.45) is 5.73 Å². The zero-order valence-corrected chi connectivity index (χ0v) is 10.8. The third-order valence-electron chi connectivity index (χ3n) is 3.63. The Morgan fingerprint density at radius 3 is 2.72 bits per heavy atom. The summed E-state index contributed by atoms with van der Waals surface area (Å²) in [5.74, 6) is 1.17. The molecule has 1 fully saturated rings. The minimum absolute atomic E-state index is 0.256. The molecular formula is C14H20N2O2. The van der Waals surface area contributed by atoms with Crippen molar-refractivity contribution in [2.45, 2.75) is 37.8 Å². The number of carbonyl (C=O) groups excluding carboxylic acids is 1. The van der Waals surface area contributed by atoms with Gasteiger partial charge < -0.3 is 15.8 Å². The summed E-state index contributed by atoms with van der Waals surface area (Å²) in [6.07, 6.45) is 2.05. The Morgan fingerprint density at radius 1 is 1.44 bits per heavy atom. The van der Waals surface area contributed by atoms with E-state index in [2.05, 4.69) is 11.4 Å². The molecule has 0 radical (unpaired) electrons. The monoisotopic (exact) mass is 248 g/mol. The fraction of sp³-hybridized carbons (Fsp3) is 0.500. The molecule has 1 aromatic carbocycles. The summed E-state index contributed by atoms with van der Waals surface area (Å²) >= 11 is 0. The first-order valence-electron chi connectivity index (χ1n) is 6.30. The molecule has 0 saturated heterocycles. The van der Waals surface area contributed by atoms with Crippen molar-refractivity contribution in [3.63, 3.8) is 0 Å². The number of hydrogen-bond donors (Lipinski definition) is 2. The third-order valence-corrected chi connectivity index (χ3v) is 3.63. The fourth-order valence-corrected chi connectivity index (χ4v) is 2.45. The Kier molecular flexibility index (Phi) is 3.87. The highest BCUT2D eigenvalue weighted by Crippen LogP contribution is 2.40. The van der Waals surface area contributed by atoms with Gasteiger partial charge in [-0.15, -0.1) is 0 Å². The lowest BCUT2D eigenvalue weighted by Gasteiger charge is -2.38. The number of para-hydroxylation sites is 1. The van der Waals surface area contributed by atoms with Crippen molar-refractivity contribution in [2.75, 3.05) is 7.11 Å². The molecule has 4 heteroatoms. The molecule has 1 unspecified atom stereocenters. The van der Waals surface area contributed by atoms with Gasteiger partial charge in [0.25, 0.3) is 0 Å². The zero-order chi connectivity index (χ0) is 13.1. The number of carbonyl (C=O) groups is 1. The summed E-state index contributed by atoms with van der Waals surface area (Å²) < 4.78 is 5.36. The zero-order valence-electron chi connectivity index (χ0n) is 10.8. The number of primary amides is 1. The van der Waals surface area contributed by atoms with Crippen molar-refractivity contribution >= 4 is 5.91 Å². The van der Waals surface area contributed by atoms with E-state index in [4.69, 9.17) is 10.5 Å². The molecule has 1 saturated carbocycles. The maximum atomic E-state index is 11.0. The molecule has 0 bridgehead atoms. The van der Waals surface area contributed by atoms with E-state index in [-0.39, 0.29) is 11.9 Å². The molecule has 18 heavy (non-hydrogen) atoms. The van der Waals surface area contributed by atoms with Gasteiger partial charge in [0, 0.05) is 6.04 Å². The van der Waals surface area contributed by atoms with Crippen LogP contribution in [-0.4, -0.2) is 25.1 Å². The van der Waals surface area contributed by atoms with Crippen molar-refractivity contribution in [1.29, 1.82) is 0 Å². The summed E-state index contributed by atoms with van der Waals surface area (Å²) in [7, 11) is 1.70. The van der Waals surface area contributed by atoms with E-state index in [1.807, 2.05) is 18.2 Å². The maximum Gasteiger partial charge on any atom is 0.234 e. The smallest absolute Gasteiger partial charge is 0.234 e. The first kappa shape index (κ1) is 12.9. The highest BCUT2D eigenvalue weighted by Gasteiger charge is 2.33. The average molecular weight is 248 g/mol. The van der Waals surface area contributed by atoms with Crippen LogP contribution in [0.25, 0.3) is 0 Å². The summed E-state index contributed by atoms with van der Waals surface area (Å²) in [4.78, 5) is 11.0. The van der Waals surface area contributed by atoms with Crippen LogP contribution in [-0.2, 0) is 4.79 Å². The molecule has 1 amide bonds. The van der Waals surface area contributed by atoms with E-state index >= 15 is 0 Å². The van der Waals surface area contributed by atoms with Gasteiger partial charge in [0.05, 0.1) is 13.2 Å². The van der Waals surface area contributed by atoms with E-state index in [0.717, 1.165) is 18.6 Å². The predicted octanol–water partition coefficient (Wildman–Crippen LogP) is 1.40. The molecule has 0 aromatic heterocycles. The lowest BCUT2D eigenvalue weighted by Crippen LogP contribution is -2.49. The molecule has 1 aliphatic carbocycles. The maximum absolute atomic E-state index is 11.0. The van der Waals surface area contributed by atoms with Gasteiger partial charge in [0.15, 0.2) is 0 Å². The van der Waals surface area contributed by atoms with Crippen LogP contribution >= 0.6 is 0 Å². The predicted molar refractivity (Wildman–Crippen MR) is 70.5 cm³/mol. The molecule has 1 atom stereocenters. The molecule has 0 aliphatic heterocycles. The molecule has 0 heterocycles. The summed E-state index contributed by atoms with van der Waals surface area (Å²) in [5.41, 5.74) is 6.49. The quantitative estimate of drug-likeness (QED) is 0.828. The SMILES string of the molecule is COc1ccccc1C1CC(NC(C)C(N)=O)C1. The van der Waals surface area contributed by atoms with Gasteiger partial charge >= 0.3 is 0 Å². The molecule has 0 spiro atoms. The van der Waals surface area contributed by atoms with Gasteiger partial charge in [0.1, 0.15) is 5.75 Å². The number of methoxy groups -OCH3 is 1. The highest BCUT2D eigenvalue weighted by molar-refractivity contribution is 5.79. The fourth-order valence-electron chi connectivity index (χ4n) is 2.45. The molecule has 98 valence electrons. The van der Waals surface area contributed by atoms with Crippen molar-refractivity contribution in [3.05, 3.63) is 29.8 Å². The second-order valence-electron chi connectivity index (χ2n) is 4.90. The lowest BCUT2D eigenvalue weighted by molar-refractivity contribution is -0.120. The normalized spacial score (nSPS) is 24.1. The molecule has 4 nitrogen and oxygen atoms in total. The van der Waals surface area contributed by atoms with Crippen LogP contribution in [0.15, 0.2) is 24.3 Å². The number of hydrogen-bond acceptors (Lipinski definition) is 3. The number of ether oxygens (including phenoxy) is 1. The van der Waals surface area contributed by atoms with Gasteiger partial charge in [-0.25, -0.2) is 0 Å². The van der Waals surface area contributed by atoms with Crippen LogP contribution in [0.1, 0.15) is 31.2 Å². The summed E-state index contributed by atoms with van der Waals surface area (Å²) in [6.45, 7) is 1.80. The Bertz CT molecular complexity index is 428. The van der Waals surface area contributed by atoms with E-state index in [1.165, 1.54) is 5.56 Å². The molecule has 2 rings (SSSR count). The first-order chi connectivity index (χ1) is 8.61. The number of rotatable bonds is 5. The second-order valence-corrected chi connectivity index (χ2v) is 4.90. The van der Waals surface area contributed by atoms with Gasteiger partial charge in [0.2, 0.25) is 5.91 Å². The van der Waals surface area contributed by atoms with Gasteiger partial charge in [-0.1, -0.05) is 18.2 Å². The van der Waals surface area contributed by atoms with Gasteiger partial charge in [-0.05, 0) is 37.3 Å². The van der Waals surface area contributed by atoms with Crippen molar-refractivity contribution in [1.82, 2.24) is 5.32 Å². The van der Waals surface area contributed by atoms with E-state index < -0.39 is 0 Å². The van der Waals surface area contributed by atoms with Crippen LogP contribution in [0.3, 0.4) is 0 Å². The Labute approximate surface area is 108 Å². The van der Waals surface area contributed by atoms with Gasteiger partial charge in [-0.2, -0.15) is 0 Å². The Hall–Kier alpha value is -1.55. The minimum atomic E-state index is -0.296. The lowest BCUT2D eigenvalue weighted by atomic mass is 9.75. The van der Waals surface area contributed by atoms with Crippen LogP contribution in [0.5, 0.6) is 5.75 Å². The standard InChI is InChI=1S/C14H20N2O2/c1-9(14(15)17)16-11-7-10(8-11)12-5-3-4-6-13(12)18-2/h3-6,9-11,16H,7-8H2,1-2H3,(H2,15,17). The number of amides is 1. The van der Waals surface area contributed by atoms with Crippen LogP contribution in [0, 0.1) is 0 Å².